The summed E-state index contributed by atoms with van der Waals surface area (Å²) < 4.78 is 0.925. The largest absolute Gasteiger partial charge is 0.300 e. The van der Waals surface area contributed by atoms with Crippen LogP contribution in [0.15, 0.2) is 4.34 Å². The van der Waals surface area contributed by atoms with Crippen molar-refractivity contribution in [1.29, 1.82) is 0 Å². The molecule has 0 aromatic carbocycles. The van der Waals surface area contributed by atoms with Gasteiger partial charge in [-0.3, -0.25) is 4.79 Å². The fourth-order valence-corrected chi connectivity index (χ4v) is 4.42. The van der Waals surface area contributed by atoms with Crippen LogP contribution in [0.3, 0.4) is 0 Å². The number of thioether (sulfide) groups is 1. The summed E-state index contributed by atoms with van der Waals surface area (Å²) in [4.78, 5) is 12.2. The number of aromatic nitrogens is 2. The van der Waals surface area contributed by atoms with E-state index in [2.05, 4.69) is 29.4 Å². The number of hydrogen-bond acceptors (Lipinski definition) is 5. The second kappa shape index (κ2) is 7.98. The van der Waals surface area contributed by atoms with Crippen LogP contribution >= 0.6 is 23.1 Å². The number of amides is 1. The van der Waals surface area contributed by atoms with E-state index in [9.17, 15) is 4.79 Å². The van der Waals surface area contributed by atoms with Gasteiger partial charge in [0.05, 0.1) is 0 Å². The molecule has 1 heterocycles. The Morgan fingerprint density at radius 2 is 2.05 bits per heavy atom. The highest BCUT2D eigenvalue weighted by atomic mass is 32.2. The minimum Gasteiger partial charge on any atom is -0.300 e. The highest BCUT2D eigenvalue weighted by molar-refractivity contribution is 8.01. The number of rotatable bonds is 6. The summed E-state index contributed by atoms with van der Waals surface area (Å²) in [7, 11) is 0. The molecule has 0 unspecified atom stereocenters. The lowest BCUT2D eigenvalue weighted by Crippen LogP contribution is -2.27. The molecule has 20 heavy (non-hydrogen) atoms. The van der Waals surface area contributed by atoms with Gasteiger partial charge in [-0.1, -0.05) is 49.8 Å². The Morgan fingerprint density at radius 1 is 1.30 bits per heavy atom. The van der Waals surface area contributed by atoms with Crippen molar-refractivity contribution in [1.82, 2.24) is 10.2 Å². The predicted octanol–water partition coefficient (Wildman–Crippen LogP) is 4.20. The maximum atomic E-state index is 12.2. The first-order chi connectivity index (χ1) is 9.72. The van der Waals surface area contributed by atoms with Gasteiger partial charge < -0.3 is 5.32 Å². The van der Waals surface area contributed by atoms with E-state index in [4.69, 9.17) is 0 Å². The topological polar surface area (TPSA) is 54.9 Å². The minimum atomic E-state index is 0.129. The fourth-order valence-electron chi connectivity index (χ4n) is 2.77. The molecule has 0 saturated heterocycles. The van der Waals surface area contributed by atoms with Crippen LogP contribution in [0.2, 0.25) is 0 Å². The van der Waals surface area contributed by atoms with Gasteiger partial charge in [-0.15, -0.1) is 10.2 Å². The van der Waals surface area contributed by atoms with Gasteiger partial charge in [0.25, 0.3) is 0 Å². The number of nitrogens with zero attached hydrogens (tertiary/aromatic N) is 2. The first kappa shape index (κ1) is 15.8. The number of carbonyl (C=O) groups excluding carboxylic acids is 1. The zero-order valence-electron chi connectivity index (χ0n) is 12.2. The summed E-state index contributed by atoms with van der Waals surface area (Å²) in [6.45, 7) is 4.32. The van der Waals surface area contributed by atoms with Crippen molar-refractivity contribution in [2.45, 2.75) is 56.7 Å². The van der Waals surface area contributed by atoms with E-state index in [0.29, 0.717) is 5.13 Å². The summed E-state index contributed by atoms with van der Waals surface area (Å²) in [5, 5.41) is 11.7. The van der Waals surface area contributed by atoms with Crippen molar-refractivity contribution in [3.63, 3.8) is 0 Å². The normalized spacial score (nSPS) is 22.7. The number of nitrogens with one attached hydrogen (secondary N) is 1. The molecule has 1 aromatic heterocycles. The average molecular weight is 313 g/mol. The van der Waals surface area contributed by atoms with E-state index in [-0.39, 0.29) is 11.8 Å². The monoisotopic (exact) mass is 313 g/mol. The van der Waals surface area contributed by atoms with Gasteiger partial charge in [0.15, 0.2) is 4.34 Å². The molecule has 2 rings (SSSR count). The van der Waals surface area contributed by atoms with Crippen LogP contribution < -0.4 is 5.32 Å². The minimum absolute atomic E-state index is 0.129. The lowest BCUT2D eigenvalue weighted by Gasteiger charge is -2.27. The first-order valence-corrected chi connectivity index (χ1v) is 9.30. The summed E-state index contributed by atoms with van der Waals surface area (Å²) >= 11 is 3.13. The Labute approximate surface area is 129 Å². The Balaban J connectivity index is 1.80. The van der Waals surface area contributed by atoms with Gasteiger partial charge in [-0.25, -0.2) is 0 Å². The van der Waals surface area contributed by atoms with Gasteiger partial charge in [0.2, 0.25) is 11.0 Å². The molecule has 1 N–H and O–H groups in total. The molecule has 1 fully saturated rings. The maximum absolute atomic E-state index is 12.2. The van der Waals surface area contributed by atoms with E-state index in [0.717, 1.165) is 28.9 Å². The first-order valence-electron chi connectivity index (χ1n) is 7.50. The number of carbonyl (C=O) groups is 1. The van der Waals surface area contributed by atoms with Crippen molar-refractivity contribution < 1.29 is 4.79 Å². The fraction of sp³-hybridized carbons (Fsp3) is 0.786. The highest BCUT2D eigenvalue weighted by Gasteiger charge is 2.26. The second-order valence-electron chi connectivity index (χ2n) is 5.30. The molecule has 0 aliphatic heterocycles. The second-order valence-corrected chi connectivity index (χ2v) is 7.79. The lowest BCUT2D eigenvalue weighted by atomic mass is 9.80. The molecular weight excluding hydrogens is 290 g/mol. The Bertz CT molecular complexity index is 428. The quantitative estimate of drug-likeness (QED) is 0.632. The SMILES string of the molecule is CCCC1CCC(C(=O)Nc2nnc(SCC)s2)CC1. The maximum Gasteiger partial charge on any atom is 0.229 e. The average Bonchev–Trinajstić information content (AvgIpc) is 2.88. The molecule has 0 atom stereocenters. The van der Waals surface area contributed by atoms with Gasteiger partial charge in [-0.2, -0.15) is 0 Å². The van der Waals surface area contributed by atoms with Crippen molar-refractivity contribution >= 4 is 34.1 Å². The molecule has 0 spiro atoms. The van der Waals surface area contributed by atoms with Crippen LogP contribution in [0.4, 0.5) is 5.13 Å². The van der Waals surface area contributed by atoms with Gasteiger partial charge in [0, 0.05) is 5.92 Å². The van der Waals surface area contributed by atoms with Crippen LogP contribution in [-0.2, 0) is 4.79 Å². The molecule has 1 amide bonds. The molecular formula is C14H23N3OS2. The van der Waals surface area contributed by atoms with Gasteiger partial charge >= 0.3 is 0 Å². The molecule has 0 bridgehead atoms. The molecule has 1 aromatic rings. The molecule has 1 saturated carbocycles. The van der Waals surface area contributed by atoms with Crippen molar-refractivity contribution in [3.05, 3.63) is 0 Å². The molecule has 4 nitrogen and oxygen atoms in total. The van der Waals surface area contributed by atoms with Crippen LogP contribution in [0.5, 0.6) is 0 Å². The van der Waals surface area contributed by atoms with E-state index >= 15 is 0 Å². The Kier molecular flexibility index (Phi) is 6.29. The van der Waals surface area contributed by atoms with E-state index in [1.807, 2.05) is 0 Å². The van der Waals surface area contributed by atoms with Crippen LogP contribution in [0, 0.1) is 11.8 Å². The molecule has 0 radical (unpaired) electrons. The van der Waals surface area contributed by atoms with Crippen molar-refractivity contribution in [2.24, 2.45) is 11.8 Å². The number of anilines is 1. The standard InChI is InChI=1S/C14H23N3OS2/c1-3-5-10-6-8-11(9-7-10)12(18)15-13-16-17-14(20-13)19-4-2/h10-11H,3-9H2,1-2H3,(H,15,16,18). The van der Waals surface area contributed by atoms with E-state index in [1.165, 1.54) is 37.0 Å². The zero-order valence-corrected chi connectivity index (χ0v) is 13.9. The predicted molar refractivity (Wildman–Crippen MR) is 85.3 cm³/mol. The van der Waals surface area contributed by atoms with Gasteiger partial charge in [0.1, 0.15) is 0 Å². The van der Waals surface area contributed by atoms with Crippen LogP contribution in [-0.4, -0.2) is 21.9 Å². The lowest BCUT2D eigenvalue weighted by molar-refractivity contribution is -0.121. The smallest absolute Gasteiger partial charge is 0.229 e. The summed E-state index contributed by atoms with van der Waals surface area (Å²) in [6.07, 6.45) is 6.99. The third-order valence-corrected chi connectivity index (χ3v) is 5.67. The third kappa shape index (κ3) is 4.45. The molecule has 6 heteroatoms. The highest BCUT2D eigenvalue weighted by Crippen LogP contribution is 2.32. The number of hydrogen-bond donors (Lipinski definition) is 1. The third-order valence-electron chi connectivity index (χ3n) is 3.82. The van der Waals surface area contributed by atoms with Gasteiger partial charge in [-0.05, 0) is 37.4 Å². The zero-order chi connectivity index (χ0) is 14.4. The molecule has 1 aliphatic carbocycles. The van der Waals surface area contributed by atoms with E-state index in [1.54, 1.807) is 11.8 Å². The van der Waals surface area contributed by atoms with E-state index < -0.39 is 0 Å². The van der Waals surface area contributed by atoms with Crippen molar-refractivity contribution in [2.75, 3.05) is 11.1 Å². The molecule has 1 aliphatic rings. The summed E-state index contributed by atoms with van der Waals surface area (Å²) in [5.41, 5.74) is 0. The van der Waals surface area contributed by atoms with Crippen LogP contribution in [0.1, 0.15) is 52.4 Å². The van der Waals surface area contributed by atoms with Crippen LogP contribution in [0.25, 0.3) is 0 Å². The summed E-state index contributed by atoms with van der Waals surface area (Å²) in [5.74, 6) is 2.10. The summed E-state index contributed by atoms with van der Waals surface area (Å²) in [6, 6.07) is 0. The van der Waals surface area contributed by atoms with Crippen molar-refractivity contribution in [3.8, 4) is 0 Å². The Morgan fingerprint density at radius 3 is 2.70 bits per heavy atom. The Hall–Kier alpha value is -0.620. The molecule has 112 valence electrons.